The van der Waals surface area contributed by atoms with Gasteiger partial charge in [-0.2, -0.15) is 0 Å². The van der Waals surface area contributed by atoms with E-state index in [0.29, 0.717) is 28.6 Å². The van der Waals surface area contributed by atoms with Crippen LogP contribution >= 0.6 is 0 Å². The van der Waals surface area contributed by atoms with Crippen molar-refractivity contribution in [2.24, 2.45) is 0 Å². The van der Waals surface area contributed by atoms with Crippen LogP contribution in [0.3, 0.4) is 0 Å². The number of fused-ring (bicyclic) bond motifs is 2. The summed E-state index contributed by atoms with van der Waals surface area (Å²) < 4.78 is 46.3. The molecule has 5 heterocycles. The minimum absolute atomic E-state index is 0.0122. The Morgan fingerprint density at radius 3 is 1.28 bits per heavy atom. The van der Waals surface area contributed by atoms with Crippen LogP contribution in [0.25, 0.3) is 0 Å². The molecule has 3 atom stereocenters. The second-order valence-electron chi connectivity index (χ2n) is 16.5. The van der Waals surface area contributed by atoms with Crippen LogP contribution in [-0.2, 0) is 38.3 Å². The highest BCUT2D eigenvalue weighted by Gasteiger charge is 2.48. The monoisotopic (exact) mass is 872 g/mol. The molecule has 1 fully saturated rings. The molecule has 4 bridgehead atoms. The molecule has 65 heavy (non-hydrogen) atoms. The number of hydrogen-bond acceptors (Lipinski definition) is 9. The van der Waals surface area contributed by atoms with Crippen LogP contribution in [0.5, 0.6) is 23.0 Å². The number of nitrogens with one attached hydrogen (secondary N) is 1. The first-order chi connectivity index (χ1) is 31.7. The molecule has 4 aliphatic rings. The number of rotatable bonds is 9. The molecule has 2 unspecified atom stereocenters. The van der Waals surface area contributed by atoms with E-state index in [-0.39, 0.29) is 13.0 Å². The molecule has 332 valence electrons. The Bertz CT molecular complexity index is 2740. The van der Waals surface area contributed by atoms with Gasteiger partial charge >= 0.3 is 5.69 Å². The van der Waals surface area contributed by atoms with Crippen LogP contribution in [0.2, 0.25) is 0 Å². The van der Waals surface area contributed by atoms with Crippen LogP contribution in [0.4, 0.5) is 0 Å². The van der Waals surface area contributed by atoms with Gasteiger partial charge in [0.2, 0.25) is 0 Å². The molecule has 1 saturated heterocycles. The fraction of sp³-hybridized carbons (Fsp3) is 0.259. The van der Waals surface area contributed by atoms with Gasteiger partial charge in [0.15, 0.2) is 0 Å². The first-order valence-electron chi connectivity index (χ1n) is 21.7. The van der Waals surface area contributed by atoms with E-state index in [1.807, 2.05) is 97.1 Å². The first kappa shape index (κ1) is 43.3. The fourth-order valence-corrected chi connectivity index (χ4v) is 9.24. The zero-order chi connectivity index (χ0) is 45.1. The minimum atomic E-state index is -1.23. The SMILES string of the molecule is COc1ccc(C2(c3ccc(OC)cc3)OC[C@H]3OC(n4cc(C)c(=O)[nH]c4=O)CC3OC(c3ccc(OC)cc3)(c3ccc(OC)cc3)c3ccc(cc3)CCc3ccc2cc3)cc1. The van der Waals surface area contributed by atoms with Crippen LogP contribution in [0.15, 0.2) is 161 Å². The van der Waals surface area contributed by atoms with Crippen molar-refractivity contribution in [3.8, 4) is 23.0 Å². The molecule has 0 saturated carbocycles. The van der Waals surface area contributed by atoms with Gasteiger partial charge in [0.1, 0.15) is 46.5 Å². The zero-order valence-electron chi connectivity index (χ0n) is 37.1. The van der Waals surface area contributed by atoms with Crippen LogP contribution in [0.1, 0.15) is 62.7 Å². The smallest absolute Gasteiger partial charge is 0.330 e. The van der Waals surface area contributed by atoms with E-state index in [9.17, 15) is 9.59 Å². The van der Waals surface area contributed by atoms with Gasteiger partial charge in [0.25, 0.3) is 5.56 Å². The Hall–Kier alpha value is -6.92. The van der Waals surface area contributed by atoms with Gasteiger partial charge in [-0.05, 0) is 113 Å². The minimum Gasteiger partial charge on any atom is -0.497 e. The van der Waals surface area contributed by atoms with Gasteiger partial charge in [-0.25, -0.2) is 4.79 Å². The third-order valence-electron chi connectivity index (χ3n) is 12.8. The third kappa shape index (κ3) is 8.23. The van der Waals surface area contributed by atoms with Crippen molar-refractivity contribution < 1.29 is 33.2 Å². The molecule has 4 aliphatic heterocycles. The van der Waals surface area contributed by atoms with Gasteiger partial charge in [-0.1, -0.05) is 97.1 Å². The van der Waals surface area contributed by atoms with Gasteiger partial charge < -0.3 is 33.2 Å². The zero-order valence-corrected chi connectivity index (χ0v) is 37.1. The Balaban J connectivity index is 1.28. The summed E-state index contributed by atoms with van der Waals surface area (Å²) in [6.45, 7) is 1.68. The van der Waals surface area contributed by atoms with E-state index in [1.165, 1.54) is 15.7 Å². The number of methoxy groups -OCH3 is 4. The number of H-pyrrole nitrogens is 1. The maximum Gasteiger partial charge on any atom is 0.330 e. The van der Waals surface area contributed by atoms with E-state index in [0.717, 1.165) is 46.2 Å². The Labute approximate surface area is 378 Å². The van der Waals surface area contributed by atoms with E-state index >= 15 is 0 Å². The third-order valence-corrected chi connectivity index (χ3v) is 12.8. The van der Waals surface area contributed by atoms with Crippen molar-refractivity contribution in [1.29, 1.82) is 0 Å². The highest BCUT2D eigenvalue weighted by molar-refractivity contribution is 5.52. The molecular weight excluding hydrogens is 821 g/mol. The van der Waals surface area contributed by atoms with Crippen molar-refractivity contribution >= 4 is 0 Å². The lowest BCUT2D eigenvalue weighted by molar-refractivity contribution is -0.126. The maximum absolute atomic E-state index is 13.6. The van der Waals surface area contributed by atoms with Crippen molar-refractivity contribution in [2.75, 3.05) is 35.0 Å². The highest BCUT2D eigenvalue weighted by Crippen LogP contribution is 2.48. The van der Waals surface area contributed by atoms with E-state index in [1.54, 1.807) is 41.6 Å². The van der Waals surface area contributed by atoms with Gasteiger partial charge in [0.05, 0.1) is 41.2 Å². The second kappa shape index (κ2) is 18.3. The molecule has 11 heteroatoms. The number of aromatic amines is 1. The average Bonchev–Trinajstić information content (AvgIpc) is 3.76. The highest BCUT2D eigenvalue weighted by atomic mass is 16.6. The van der Waals surface area contributed by atoms with Gasteiger partial charge in [-0.15, -0.1) is 0 Å². The van der Waals surface area contributed by atoms with Crippen LogP contribution < -0.4 is 30.2 Å². The summed E-state index contributed by atoms with van der Waals surface area (Å²) in [4.78, 5) is 28.7. The summed E-state index contributed by atoms with van der Waals surface area (Å²) in [5.74, 6) is 2.80. The molecular formula is C54H52N2O9. The summed E-state index contributed by atoms with van der Waals surface area (Å²) in [5.41, 5.74) is 4.46. The normalized spacial score (nSPS) is 18.9. The van der Waals surface area contributed by atoms with Gasteiger partial charge in [-0.3, -0.25) is 14.3 Å². The number of aryl methyl sites for hydroxylation is 3. The Morgan fingerprint density at radius 2 is 0.892 bits per heavy atom. The quantitative estimate of drug-likeness (QED) is 0.152. The lowest BCUT2D eigenvalue weighted by Crippen LogP contribution is -2.43. The summed E-state index contributed by atoms with van der Waals surface area (Å²) >= 11 is 0. The Kier molecular flexibility index (Phi) is 12.2. The molecule has 0 radical (unpaired) electrons. The second-order valence-corrected chi connectivity index (χ2v) is 16.5. The Morgan fingerprint density at radius 1 is 0.523 bits per heavy atom. The maximum atomic E-state index is 13.6. The topological polar surface area (TPSA) is 119 Å². The van der Waals surface area contributed by atoms with Crippen molar-refractivity contribution in [3.05, 3.63) is 223 Å². The van der Waals surface area contributed by atoms with Crippen molar-refractivity contribution in [3.63, 3.8) is 0 Å². The summed E-state index contributed by atoms with van der Waals surface area (Å²) in [5, 5.41) is 0. The largest absolute Gasteiger partial charge is 0.497 e. The van der Waals surface area contributed by atoms with E-state index < -0.39 is 40.9 Å². The van der Waals surface area contributed by atoms with E-state index in [2.05, 4.69) is 53.5 Å². The number of aromatic nitrogens is 2. The number of hydrogen-bond donors (Lipinski definition) is 1. The van der Waals surface area contributed by atoms with Crippen LogP contribution in [0, 0.1) is 6.92 Å². The summed E-state index contributed by atoms with van der Waals surface area (Å²) in [6, 6.07) is 48.9. The molecule has 11 rings (SSSR count). The predicted molar refractivity (Wildman–Crippen MR) is 247 cm³/mol. The fourth-order valence-electron chi connectivity index (χ4n) is 9.24. The van der Waals surface area contributed by atoms with Gasteiger partial charge in [0, 0.05) is 18.2 Å². The molecule has 11 nitrogen and oxygen atoms in total. The standard InChI is InChI=1S/C54H52N2O9/c1-35-33-56(52(58)55-51(35)57)50-32-48-49(64-50)34-63-53(39-16-24-44(59-2)25-17-39,40-18-26-45(60-3)27-19-40)38-12-8-36(9-13-38)6-7-37-10-14-41(15-11-37)54(65-48,42-20-28-46(61-4)29-21-42)43-22-30-47(62-5)31-23-43/h8-31,33,48-50H,6-7,32,34H2,1-5H3,(H,55,57,58)/t48?,49-,50?/m1/s1. The number of nitrogens with zero attached hydrogens (tertiary/aromatic N) is 1. The van der Waals surface area contributed by atoms with Crippen molar-refractivity contribution in [2.45, 2.75) is 55.8 Å². The summed E-state index contributed by atoms with van der Waals surface area (Å²) in [6.07, 6.45) is 1.11. The average molecular weight is 873 g/mol. The molecule has 0 spiro atoms. The molecule has 1 aromatic heterocycles. The molecule has 1 N–H and O–H groups in total. The molecule has 7 aromatic rings. The van der Waals surface area contributed by atoms with E-state index in [4.69, 9.17) is 33.2 Å². The number of benzene rings is 6. The van der Waals surface area contributed by atoms with Crippen molar-refractivity contribution in [1.82, 2.24) is 9.55 Å². The molecule has 0 amide bonds. The lowest BCUT2D eigenvalue weighted by atomic mass is 9.79. The lowest BCUT2D eigenvalue weighted by Gasteiger charge is -2.40. The summed E-state index contributed by atoms with van der Waals surface area (Å²) in [7, 11) is 6.58. The van der Waals surface area contributed by atoms with Crippen LogP contribution in [-0.4, -0.2) is 56.8 Å². The molecule has 6 aromatic carbocycles. The predicted octanol–water partition coefficient (Wildman–Crippen LogP) is 8.65. The molecule has 0 aliphatic carbocycles. The first-order valence-corrected chi connectivity index (χ1v) is 21.7. The number of ether oxygens (including phenoxy) is 7.